The third-order valence-corrected chi connectivity index (χ3v) is 6.62. The van der Waals surface area contributed by atoms with Crippen molar-refractivity contribution in [1.29, 1.82) is 0 Å². The molecule has 0 radical (unpaired) electrons. The van der Waals surface area contributed by atoms with Gasteiger partial charge in [0, 0.05) is 10.6 Å². The summed E-state index contributed by atoms with van der Waals surface area (Å²) >= 11 is 1.50. The maximum Gasteiger partial charge on any atom is 0.307 e. The van der Waals surface area contributed by atoms with Gasteiger partial charge in [-0.15, -0.1) is 11.8 Å². The van der Waals surface area contributed by atoms with Crippen molar-refractivity contribution in [3.63, 3.8) is 0 Å². The Morgan fingerprint density at radius 2 is 1.45 bits per heavy atom. The van der Waals surface area contributed by atoms with Crippen molar-refractivity contribution >= 4 is 17.7 Å². The molecule has 4 nitrogen and oxygen atoms in total. The van der Waals surface area contributed by atoms with E-state index in [1.165, 1.54) is 11.8 Å². The van der Waals surface area contributed by atoms with Crippen LogP contribution in [0.25, 0.3) is 0 Å². The fourth-order valence-corrected chi connectivity index (χ4v) is 4.58. The number of benzene rings is 2. The van der Waals surface area contributed by atoms with Crippen molar-refractivity contribution in [3.8, 4) is 11.5 Å². The highest BCUT2D eigenvalue weighted by molar-refractivity contribution is 7.99. The number of phenolic OH excluding ortho intramolecular Hbond substituents is 2. The molecule has 0 aliphatic carbocycles. The summed E-state index contributed by atoms with van der Waals surface area (Å²) in [6, 6.07) is 11.0. The topological polar surface area (TPSA) is 77.8 Å². The number of thioether (sulfide) groups is 1. The first-order valence-electron chi connectivity index (χ1n) is 10.8. The molecule has 2 aromatic rings. The minimum atomic E-state index is -0.775. The molecule has 0 amide bonds. The first-order valence-corrected chi connectivity index (χ1v) is 11.8. The van der Waals surface area contributed by atoms with Gasteiger partial charge < -0.3 is 15.3 Å². The lowest BCUT2D eigenvalue weighted by molar-refractivity contribution is -0.141. The molecule has 170 valence electrons. The van der Waals surface area contributed by atoms with Gasteiger partial charge in [-0.3, -0.25) is 4.79 Å². The number of hydrogen-bond donors (Lipinski definition) is 3. The summed E-state index contributed by atoms with van der Waals surface area (Å²) in [5, 5.41) is 29.9. The molecule has 0 saturated carbocycles. The van der Waals surface area contributed by atoms with Crippen molar-refractivity contribution in [2.24, 2.45) is 5.92 Å². The van der Waals surface area contributed by atoms with Gasteiger partial charge in [0.05, 0.1) is 5.92 Å². The average molecular weight is 445 g/mol. The van der Waals surface area contributed by atoms with E-state index in [0.29, 0.717) is 17.9 Å². The molecule has 31 heavy (non-hydrogen) atoms. The first-order chi connectivity index (χ1) is 14.3. The molecule has 0 aromatic heterocycles. The molecular weight excluding hydrogens is 408 g/mol. The molecule has 5 heteroatoms. The second-order valence-electron chi connectivity index (χ2n) is 10.3. The second-order valence-corrected chi connectivity index (χ2v) is 11.4. The summed E-state index contributed by atoms with van der Waals surface area (Å²) in [5.74, 6) is -0.131. The summed E-state index contributed by atoms with van der Waals surface area (Å²) in [6.07, 6.45) is 2.14. The fraction of sp³-hybridized carbons (Fsp3) is 0.500. The van der Waals surface area contributed by atoms with E-state index in [4.69, 9.17) is 0 Å². The highest BCUT2D eigenvalue weighted by atomic mass is 32.2. The van der Waals surface area contributed by atoms with Crippen molar-refractivity contribution in [2.45, 2.75) is 76.5 Å². The SMILES string of the molecule is CC(C)(C)c1cc(CCCC(CSc2ccc(O)cc2)C(=O)O)cc(C(C)(C)C)c1O. The standard InChI is InChI=1S/C26H36O4S/c1-25(2,3)21-14-17(15-22(23(21)28)26(4,5)6)8-7-9-18(24(29)30)16-31-20-12-10-19(27)11-13-20/h10-15,18,27-28H,7-9,16H2,1-6H3,(H,29,30). The summed E-state index contributed by atoms with van der Waals surface area (Å²) in [5.41, 5.74) is 2.66. The van der Waals surface area contributed by atoms with Crippen molar-refractivity contribution in [2.75, 3.05) is 5.75 Å². The van der Waals surface area contributed by atoms with Crippen LogP contribution >= 0.6 is 11.8 Å². The molecule has 1 atom stereocenters. The number of aliphatic carboxylic acids is 1. The van der Waals surface area contributed by atoms with Crippen LogP contribution < -0.4 is 0 Å². The van der Waals surface area contributed by atoms with Gasteiger partial charge in [-0.2, -0.15) is 0 Å². The molecule has 0 heterocycles. The normalized spacial score (nSPS) is 13.2. The maximum absolute atomic E-state index is 11.7. The number of carboxylic acids is 1. The lowest BCUT2D eigenvalue weighted by Crippen LogP contribution is -2.18. The van der Waals surface area contributed by atoms with E-state index in [1.807, 2.05) is 0 Å². The third kappa shape index (κ3) is 7.20. The van der Waals surface area contributed by atoms with E-state index in [9.17, 15) is 20.1 Å². The molecule has 0 spiro atoms. The molecule has 2 rings (SSSR count). The number of aryl methyl sites for hydroxylation is 1. The van der Waals surface area contributed by atoms with Crippen LogP contribution in [-0.4, -0.2) is 27.0 Å². The Labute approximate surface area is 190 Å². The van der Waals surface area contributed by atoms with Gasteiger partial charge in [0.1, 0.15) is 11.5 Å². The molecule has 2 aromatic carbocycles. The number of phenols is 2. The number of rotatable bonds is 8. The van der Waals surface area contributed by atoms with Gasteiger partial charge >= 0.3 is 5.97 Å². The molecule has 0 aliphatic rings. The molecule has 3 N–H and O–H groups in total. The number of hydrogen-bond acceptors (Lipinski definition) is 4. The predicted octanol–water partition coefficient (Wildman–Crippen LogP) is 6.51. The second kappa shape index (κ2) is 9.99. The minimum Gasteiger partial charge on any atom is -0.508 e. The van der Waals surface area contributed by atoms with E-state index in [2.05, 4.69) is 53.7 Å². The average Bonchev–Trinajstić information content (AvgIpc) is 2.64. The van der Waals surface area contributed by atoms with Gasteiger partial charge in [0.2, 0.25) is 0 Å². The van der Waals surface area contributed by atoms with Gasteiger partial charge in [-0.05, 0) is 71.0 Å². The summed E-state index contributed by atoms with van der Waals surface area (Å²) in [4.78, 5) is 12.7. The van der Waals surface area contributed by atoms with E-state index >= 15 is 0 Å². The Hall–Kier alpha value is -2.14. The Morgan fingerprint density at radius 1 is 0.935 bits per heavy atom. The van der Waals surface area contributed by atoms with Gasteiger partial charge in [0.15, 0.2) is 0 Å². The molecule has 0 saturated heterocycles. The van der Waals surface area contributed by atoms with E-state index < -0.39 is 11.9 Å². The van der Waals surface area contributed by atoms with Gasteiger partial charge in [-0.25, -0.2) is 0 Å². The Bertz CT molecular complexity index is 854. The van der Waals surface area contributed by atoms with Gasteiger partial charge in [-0.1, -0.05) is 53.7 Å². The Kier molecular flexibility index (Phi) is 8.09. The Balaban J connectivity index is 2.09. The zero-order chi connectivity index (χ0) is 23.4. The maximum atomic E-state index is 11.7. The summed E-state index contributed by atoms with van der Waals surface area (Å²) in [6.45, 7) is 12.6. The van der Waals surface area contributed by atoms with Crippen LogP contribution in [0.15, 0.2) is 41.3 Å². The highest BCUT2D eigenvalue weighted by Gasteiger charge is 2.26. The summed E-state index contributed by atoms with van der Waals surface area (Å²) < 4.78 is 0. The van der Waals surface area contributed by atoms with Crippen LogP contribution in [0.2, 0.25) is 0 Å². The van der Waals surface area contributed by atoms with Crippen LogP contribution in [0.3, 0.4) is 0 Å². The van der Waals surface area contributed by atoms with Crippen LogP contribution in [0.5, 0.6) is 11.5 Å². The van der Waals surface area contributed by atoms with Crippen molar-refractivity contribution < 1.29 is 20.1 Å². The summed E-state index contributed by atoms with van der Waals surface area (Å²) in [7, 11) is 0. The molecule has 0 aliphatic heterocycles. The lowest BCUT2D eigenvalue weighted by Gasteiger charge is -2.28. The molecule has 0 bridgehead atoms. The Morgan fingerprint density at radius 3 is 1.90 bits per heavy atom. The fourth-order valence-electron chi connectivity index (χ4n) is 3.55. The zero-order valence-electron chi connectivity index (χ0n) is 19.5. The first kappa shape index (κ1) is 25.1. The van der Waals surface area contributed by atoms with Gasteiger partial charge in [0.25, 0.3) is 0 Å². The predicted molar refractivity (Wildman–Crippen MR) is 128 cm³/mol. The molecule has 1 unspecified atom stereocenters. The lowest BCUT2D eigenvalue weighted by atomic mass is 9.78. The van der Waals surface area contributed by atoms with Crippen LogP contribution in [0.4, 0.5) is 0 Å². The largest absolute Gasteiger partial charge is 0.508 e. The monoisotopic (exact) mass is 444 g/mol. The van der Waals surface area contributed by atoms with Crippen LogP contribution in [0.1, 0.15) is 71.1 Å². The zero-order valence-corrected chi connectivity index (χ0v) is 20.3. The third-order valence-electron chi connectivity index (χ3n) is 5.44. The van der Waals surface area contributed by atoms with Crippen LogP contribution in [0, 0.1) is 5.92 Å². The number of aromatic hydroxyl groups is 2. The van der Waals surface area contributed by atoms with E-state index in [0.717, 1.165) is 34.4 Å². The highest BCUT2D eigenvalue weighted by Crippen LogP contribution is 2.40. The van der Waals surface area contributed by atoms with Crippen molar-refractivity contribution in [3.05, 3.63) is 53.1 Å². The van der Waals surface area contributed by atoms with Crippen LogP contribution in [-0.2, 0) is 22.0 Å². The molecule has 0 fully saturated rings. The smallest absolute Gasteiger partial charge is 0.307 e. The number of carbonyl (C=O) groups is 1. The quantitative estimate of drug-likeness (QED) is 0.405. The van der Waals surface area contributed by atoms with Crippen molar-refractivity contribution in [1.82, 2.24) is 0 Å². The van der Waals surface area contributed by atoms with E-state index in [-0.39, 0.29) is 16.6 Å². The number of carboxylic acid groups (broad SMARTS) is 1. The van der Waals surface area contributed by atoms with E-state index in [1.54, 1.807) is 24.3 Å². The molecular formula is C26H36O4S. The minimum absolute atomic E-state index is 0.176.